The van der Waals surface area contributed by atoms with E-state index in [1.807, 2.05) is 37.4 Å². The van der Waals surface area contributed by atoms with Crippen molar-refractivity contribution in [2.45, 2.75) is 25.8 Å². The number of aromatic nitrogens is 3. The van der Waals surface area contributed by atoms with Gasteiger partial charge in [0.1, 0.15) is 11.3 Å². The molecular formula is C24H24N4O3S. The lowest BCUT2D eigenvalue weighted by Gasteiger charge is -2.14. The smallest absolute Gasteiger partial charge is 0.264 e. The first-order valence-corrected chi connectivity index (χ1v) is 10.7. The summed E-state index contributed by atoms with van der Waals surface area (Å²) in [5.74, 6) is 0.230. The molecule has 0 saturated carbocycles. The molecule has 0 spiro atoms. The average molecular weight is 449 g/mol. The highest BCUT2D eigenvalue weighted by Gasteiger charge is 2.16. The van der Waals surface area contributed by atoms with E-state index in [1.54, 1.807) is 18.2 Å². The molecule has 0 fully saturated rings. The van der Waals surface area contributed by atoms with Crippen molar-refractivity contribution >= 4 is 29.3 Å². The fourth-order valence-electron chi connectivity index (χ4n) is 3.73. The Morgan fingerprint density at radius 2 is 1.97 bits per heavy atom. The van der Waals surface area contributed by atoms with Gasteiger partial charge in [-0.25, -0.2) is 0 Å². The predicted molar refractivity (Wildman–Crippen MR) is 129 cm³/mol. The number of ether oxygens (including phenoxy) is 1. The van der Waals surface area contributed by atoms with Crippen LogP contribution >= 0.6 is 12.2 Å². The number of para-hydroxylation sites is 3. The summed E-state index contributed by atoms with van der Waals surface area (Å²) in [4.78, 5) is 23.1. The van der Waals surface area contributed by atoms with Gasteiger partial charge >= 0.3 is 0 Å². The number of H-pyrrole nitrogens is 2. The molecule has 0 amide bonds. The molecule has 4 aromatic rings. The summed E-state index contributed by atoms with van der Waals surface area (Å²) in [7, 11) is 1.53. The third-order valence-electron chi connectivity index (χ3n) is 5.46. The number of aromatic amines is 2. The van der Waals surface area contributed by atoms with E-state index >= 15 is 0 Å². The summed E-state index contributed by atoms with van der Waals surface area (Å²) >= 11 is 5.30. The lowest BCUT2D eigenvalue weighted by molar-refractivity contribution is 0.402. The Labute approximate surface area is 190 Å². The number of methoxy groups -OCH3 is 1. The van der Waals surface area contributed by atoms with Crippen LogP contribution in [0.2, 0.25) is 0 Å². The van der Waals surface area contributed by atoms with Gasteiger partial charge in [0.05, 0.1) is 18.8 Å². The molecule has 3 N–H and O–H groups in total. The second-order valence-electron chi connectivity index (χ2n) is 7.41. The third kappa shape index (κ3) is 4.09. The van der Waals surface area contributed by atoms with E-state index in [0.717, 1.165) is 22.9 Å². The zero-order valence-electron chi connectivity index (χ0n) is 17.8. The SMILES string of the molecule is CCC(Cc1c[nH]c2ccccc12)N=Cc1c(O)n(-c2ccccc2OC)c(=S)[nH]c1=O. The predicted octanol–water partition coefficient (Wildman–Crippen LogP) is 4.53. The molecule has 0 radical (unpaired) electrons. The molecule has 1 unspecified atom stereocenters. The number of hydrogen-bond acceptors (Lipinski definition) is 5. The number of benzene rings is 2. The summed E-state index contributed by atoms with van der Waals surface area (Å²) in [6.45, 7) is 2.04. The van der Waals surface area contributed by atoms with Crippen LogP contribution in [-0.2, 0) is 6.42 Å². The van der Waals surface area contributed by atoms with Crippen LogP contribution in [0.4, 0.5) is 0 Å². The molecule has 7 nitrogen and oxygen atoms in total. The van der Waals surface area contributed by atoms with Crippen molar-refractivity contribution in [1.29, 1.82) is 0 Å². The van der Waals surface area contributed by atoms with E-state index in [4.69, 9.17) is 17.0 Å². The van der Waals surface area contributed by atoms with Crippen LogP contribution in [0.5, 0.6) is 11.6 Å². The van der Waals surface area contributed by atoms with Crippen molar-refractivity contribution in [2.24, 2.45) is 4.99 Å². The van der Waals surface area contributed by atoms with Crippen molar-refractivity contribution in [2.75, 3.05) is 7.11 Å². The maximum atomic E-state index is 12.6. The molecule has 164 valence electrons. The van der Waals surface area contributed by atoms with Gasteiger partial charge in [-0.05, 0) is 48.8 Å². The average Bonchev–Trinajstić information content (AvgIpc) is 3.21. The highest BCUT2D eigenvalue weighted by Crippen LogP contribution is 2.27. The van der Waals surface area contributed by atoms with Gasteiger partial charge in [-0.1, -0.05) is 37.3 Å². The number of aliphatic imine (C=N–C) groups is 1. The van der Waals surface area contributed by atoms with E-state index in [1.165, 1.54) is 17.9 Å². The van der Waals surface area contributed by atoms with Gasteiger partial charge in [0.2, 0.25) is 5.88 Å². The van der Waals surface area contributed by atoms with Gasteiger partial charge in [-0.3, -0.25) is 19.3 Å². The number of hydrogen-bond donors (Lipinski definition) is 3. The van der Waals surface area contributed by atoms with Gasteiger partial charge in [-0.15, -0.1) is 0 Å². The molecule has 4 rings (SSSR count). The van der Waals surface area contributed by atoms with E-state index in [2.05, 4.69) is 21.0 Å². The van der Waals surface area contributed by atoms with Gasteiger partial charge in [-0.2, -0.15) is 0 Å². The van der Waals surface area contributed by atoms with Crippen LogP contribution in [0.1, 0.15) is 24.5 Å². The minimum absolute atomic E-state index is 0.0434. The molecule has 0 aliphatic carbocycles. The second kappa shape index (κ2) is 9.23. The van der Waals surface area contributed by atoms with Crippen LogP contribution in [0.3, 0.4) is 0 Å². The van der Waals surface area contributed by atoms with Crippen molar-refractivity contribution in [3.05, 3.63) is 81.0 Å². The Bertz CT molecular complexity index is 1400. The lowest BCUT2D eigenvalue weighted by Crippen LogP contribution is -2.19. The first-order valence-electron chi connectivity index (χ1n) is 10.3. The second-order valence-corrected chi connectivity index (χ2v) is 7.79. The Kier molecular flexibility index (Phi) is 6.23. The molecule has 8 heteroatoms. The number of fused-ring (bicyclic) bond motifs is 1. The molecule has 2 aromatic carbocycles. The Morgan fingerprint density at radius 3 is 2.75 bits per heavy atom. The van der Waals surface area contributed by atoms with Crippen molar-refractivity contribution in [3.63, 3.8) is 0 Å². The quantitative estimate of drug-likeness (QED) is 0.286. The molecule has 2 heterocycles. The largest absolute Gasteiger partial charge is 0.495 e. The van der Waals surface area contributed by atoms with E-state index < -0.39 is 5.56 Å². The number of aromatic hydroxyl groups is 1. The van der Waals surface area contributed by atoms with Crippen molar-refractivity contribution in [1.82, 2.24) is 14.5 Å². The molecule has 32 heavy (non-hydrogen) atoms. The Hall–Kier alpha value is -3.65. The first-order chi connectivity index (χ1) is 15.5. The summed E-state index contributed by atoms with van der Waals surface area (Å²) in [6.07, 6.45) is 4.91. The van der Waals surface area contributed by atoms with E-state index in [9.17, 15) is 9.90 Å². The molecular weight excluding hydrogens is 424 g/mol. The zero-order chi connectivity index (χ0) is 22.7. The third-order valence-corrected chi connectivity index (χ3v) is 5.75. The topological polar surface area (TPSA) is 95.4 Å². The van der Waals surface area contributed by atoms with Gasteiger partial charge < -0.3 is 14.8 Å². The first kappa shape index (κ1) is 21.6. The number of rotatable bonds is 7. The monoisotopic (exact) mass is 448 g/mol. The molecule has 0 aliphatic heterocycles. The highest BCUT2D eigenvalue weighted by molar-refractivity contribution is 7.71. The minimum atomic E-state index is -0.496. The molecule has 0 aliphatic rings. The van der Waals surface area contributed by atoms with Crippen LogP contribution < -0.4 is 10.3 Å². The standard InChI is InChI=1S/C24H24N4O3S/c1-3-16(12-15-13-26-19-9-5-4-8-17(15)19)25-14-18-22(29)27-24(32)28(23(18)30)20-10-6-7-11-21(20)31-2/h4-11,13-14,16,26,30H,3,12H2,1-2H3,(H,27,29,32). The van der Waals surface area contributed by atoms with Crippen LogP contribution in [0.15, 0.2) is 64.5 Å². The maximum Gasteiger partial charge on any atom is 0.264 e. The molecule has 1 atom stereocenters. The summed E-state index contributed by atoms with van der Waals surface area (Å²) in [5.41, 5.74) is 2.31. The molecule has 0 saturated heterocycles. The fourth-order valence-corrected chi connectivity index (χ4v) is 4.01. The number of nitrogens with one attached hydrogen (secondary N) is 2. The van der Waals surface area contributed by atoms with E-state index in [-0.39, 0.29) is 22.3 Å². The van der Waals surface area contributed by atoms with Gasteiger partial charge in [0, 0.05) is 23.3 Å². The fraction of sp³-hybridized carbons (Fsp3) is 0.208. The highest BCUT2D eigenvalue weighted by atomic mass is 32.1. The van der Waals surface area contributed by atoms with Crippen molar-refractivity contribution in [3.8, 4) is 17.3 Å². The Morgan fingerprint density at radius 1 is 1.22 bits per heavy atom. The summed E-state index contributed by atoms with van der Waals surface area (Å²) in [5, 5.41) is 12.1. The Balaban J connectivity index is 1.70. The van der Waals surface area contributed by atoms with Gasteiger partial charge in [0.15, 0.2) is 4.77 Å². The molecule has 0 bridgehead atoms. The van der Waals surface area contributed by atoms with Crippen molar-refractivity contribution < 1.29 is 9.84 Å². The lowest BCUT2D eigenvalue weighted by atomic mass is 10.0. The summed E-state index contributed by atoms with van der Waals surface area (Å²) in [6, 6.07) is 15.2. The van der Waals surface area contributed by atoms with Crippen LogP contribution in [0.25, 0.3) is 16.6 Å². The normalized spacial score (nSPS) is 12.4. The van der Waals surface area contributed by atoms with Gasteiger partial charge in [0.25, 0.3) is 5.56 Å². The van der Waals surface area contributed by atoms with Crippen LogP contribution in [-0.4, -0.2) is 39.0 Å². The number of nitrogens with zero attached hydrogens (tertiary/aromatic N) is 2. The maximum absolute atomic E-state index is 12.6. The summed E-state index contributed by atoms with van der Waals surface area (Å²) < 4.78 is 6.82. The minimum Gasteiger partial charge on any atom is -0.495 e. The van der Waals surface area contributed by atoms with E-state index in [0.29, 0.717) is 17.9 Å². The zero-order valence-corrected chi connectivity index (χ0v) is 18.6. The van der Waals surface area contributed by atoms with Crippen LogP contribution in [0, 0.1) is 4.77 Å². The molecule has 2 aromatic heterocycles.